The highest BCUT2D eigenvalue weighted by molar-refractivity contribution is 5.64. The van der Waals surface area contributed by atoms with E-state index in [-0.39, 0.29) is 18.3 Å². The van der Waals surface area contributed by atoms with Crippen molar-refractivity contribution in [2.24, 2.45) is 5.92 Å². The minimum atomic E-state index is 0.190. The number of aromatic nitrogens is 3. The topological polar surface area (TPSA) is 122 Å². The number of anilines is 2. The van der Waals surface area contributed by atoms with Gasteiger partial charge in [0.2, 0.25) is 0 Å². The second-order valence-electron chi connectivity index (χ2n) is 10.0. The predicted octanol–water partition coefficient (Wildman–Crippen LogP) is 3.77. The first kappa shape index (κ1) is 25.2. The van der Waals surface area contributed by atoms with Crippen LogP contribution in [0.4, 0.5) is 11.6 Å². The molecule has 4 heterocycles. The molecular formula is C28H36N6O3. The third kappa shape index (κ3) is 5.94. The molecule has 1 aromatic carbocycles. The van der Waals surface area contributed by atoms with E-state index in [2.05, 4.69) is 41.0 Å². The van der Waals surface area contributed by atoms with Gasteiger partial charge >= 0.3 is 0 Å². The second-order valence-corrected chi connectivity index (χ2v) is 10.0. The van der Waals surface area contributed by atoms with Gasteiger partial charge in [-0.3, -0.25) is 0 Å². The van der Waals surface area contributed by atoms with E-state index < -0.39 is 0 Å². The SMILES string of the molecule is Cc1cc(-c2cnc(N)c(OCc3ccnc(N)c3OCCC3CCOCC3)n2)cc2c1CCN(C)C2. The van der Waals surface area contributed by atoms with Gasteiger partial charge in [0.25, 0.3) is 5.88 Å². The number of pyridine rings is 1. The van der Waals surface area contributed by atoms with Crippen molar-refractivity contribution >= 4 is 11.6 Å². The molecule has 2 aromatic heterocycles. The zero-order valence-corrected chi connectivity index (χ0v) is 21.7. The van der Waals surface area contributed by atoms with Crippen molar-refractivity contribution in [3.63, 3.8) is 0 Å². The normalized spacial score (nSPS) is 16.4. The summed E-state index contributed by atoms with van der Waals surface area (Å²) in [5, 5.41) is 0. The molecule has 1 saturated heterocycles. The van der Waals surface area contributed by atoms with Crippen LogP contribution in [0.2, 0.25) is 0 Å². The molecule has 0 spiro atoms. The van der Waals surface area contributed by atoms with Crippen LogP contribution >= 0.6 is 0 Å². The summed E-state index contributed by atoms with van der Waals surface area (Å²) in [4.78, 5) is 15.6. The monoisotopic (exact) mass is 504 g/mol. The molecule has 0 aliphatic carbocycles. The van der Waals surface area contributed by atoms with Crippen LogP contribution in [0.3, 0.4) is 0 Å². The summed E-state index contributed by atoms with van der Waals surface area (Å²) in [6.45, 7) is 6.57. The van der Waals surface area contributed by atoms with Crippen LogP contribution in [0.5, 0.6) is 11.6 Å². The molecule has 2 aliphatic heterocycles. The van der Waals surface area contributed by atoms with Gasteiger partial charge < -0.3 is 30.6 Å². The van der Waals surface area contributed by atoms with Crippen molar-refractivity contribution in [2.75, 3.05) is 44.9 Å². The molecule has 0 unspecified atom stereocenters. The maximum absolute atomic E-state index is 6.15. The van der Waals surface area contributed by atoms with Crippen LogP contribution in [0.1, 0.15) is 41.5 Å². The standard InChI is InChI=1S/C28H36N6O3/c1-18-13-21(14-22-16-34(2)9-4-23(18)22)24-15-32-27(30)28(33-24)37-17-20-3-8-31-26(29)25(20)36-12-7-19-5-10-35-11-6-19/h3,8,13-15,19H,4-7,9-12,16-17H2,1-2H3,(H2,29,31)(H2,30,32). The van der Waals surface area contributed by atoms with Crippen molar-refractivity contribution in [3.8, 4) is 22.9 Å². The van der Waals surface area contributed by atoms with Gasteiger partial charge in [-0.25, -0.2) is 15.0 Å². The lowest BCUT2D eigenvalue weighted by Crippen LogP contribution is -2.27. The number of hydrogen-bond acceptors (Lipinski definition) is 9. The molecule has 0 bridgehead atoms. The summed E-state index contributed by atoms with van der Waals surface area (Å²) < 4.78 is 17.6. The van der Waals surface area contributed by atoms with Gasteiger partial charge in [0.05, 0.1) is 18.5 Å². The fourth-order valence-corrected chi connectivity index (χ4v) is 5.13. The zero-order valence-electron chi connectivity index (χ0n) is 21.7. The number of fused-ring (bicyclic) bond motifs is 1. The zero-order chi connectivity index (χ0) is 25.8. The summed E-state index contributed by atoms with van der Waals surface area (Å²) in [6.07, 6.45) is 7.50. The first-order valence-electron chi connectivity index (χ1n) is 13.0. The highest BCUT2D eigenvalue weighted by Gasteiger charge is 2.19. The van der Waals surface area contributed by atoms with Crippen molar-refractivity contribution in [2.45, 2.75) is 45.8 Å². The van der Waals surface area contributed by atoms with Gasteiger partial charge in [0.15, 0.2) is 17.4 Å². The van der Waals surface area contributed by atoms with Crippen molar-refractivity contribution in [1.29, 1.82) is 0 Å². The molecular weight excluding hydrogens is 468 g/mol. The molecule has 37 heavy (non-hydrogen) atoms. The van der Waals surface area contributed by atoms with Gasteiger partial charge in [-0.05, 0) is 80.5 Å². The summed E-state index contributed by atoms with van der Waals surface area (Å²) >= 11 is 0. The summed E-state index contributed by atoms with van der Waals surface area (Å²) in [5.74, 6) is 2.02. The first-order valence-corrected chi connectivity index (χ1v) is 13.0. The number of hydrogen-bond donors (Lipinski definition) is 2. The third-order valence-electron chi connectivity index (χ3n) is 7.30. The smallest absolute Gasteiger partial charge is 0.258 e. The molecule has 9 nitrogen and oxygen atoms in total. The van der Waals surface area contributed by atoms with E-state index in [4.69, 9.17) is 30.7 Å². The average molecular weight is 505 g/mol. The number of nitrogen functional groups attached to an aromatic ring is 2. The molecule has 196 valence electrons. The molecule has 4 N–H and O–H groups in total. The van der Waals surface area contributed by atoms with E-state index in [0.29, 0.717) is 24.1 Å². The lowest BCUT2D eigenvalue weighted by Gasteiger charge is -2.27. The Morgan fingerprint density at radius 1 is 1.11 bits per heavy atom. The van der Waals surface area contributed by atoms with Gasteiger partial charge in [0.1, 0.15) is 6.61 Å². The van der Waals surface area contributed by atoms with Crippen molar-refractivity contribution < 1.29 is 14.2 Å². The van der Waals surface area contributed by atoms with Crippen LogP contribution in [0.15, 0.2) is 30.6 Å². The van der Waals surface area contributed by atoms with E-state index in [1.165, 1.54) is 16.7 Å². The van der Waals surface area contributed by atoms with E-state index in [9.17, 15) is 0 Å². The minimum absolute atomic E-state index is 0.190. The van der Waals surface area contributed by atoms with Crippen LogP contribution in [-0.4, -0.2) is 53.3 Å². The summed E-state index contributed by atoms with van der Waals surface area (Å²) in [7, 11) is 2.15. The number of rotatable bonds is 8. The molecule has 3 aromatic rings. The Hall–Kier alpha value is -3.43. The van der Waals surface area contributed by atoms with Gasteiger partial charge in [-0.1, -0.05) is 0 Å². The Labute approximate surface area is 218 Å². The molecule has 0 radical (unpaired) electrons. The van der Waals surface area contributed by atoms with E-state index in [1.807, 2.05) is 6.07 Å². The average Bonchev–Trinajstić information content (AvgIpc) is 2.89. The quantitative estimate of drug-likeness (QED) is 0.472. The fraction of sp³-hybridized carbons (Fsp3) is 0.464. The highest BCUT2D eigenvalue weighted by Crippen LogP contribution is 2.31. The Morgan fingerprint density at radius 3 is 2.78 bits per heavy atom. The van der Waals surface area contributed by atoms with Crippen molar-refractivity contribution in [3.05, 3.63) is 52.8 Å². The maximum Gasteiger partial charge on any atom is 0.258 e. The molecule has 0 saturated carbocycles. The highest BCUT2D eigenvalue weighted by atomic mass is 16.5. The van der Waals surface area contributed by atoms with Crippen LogP contribution in [-0.2, 0) is 24.3 Å². The van der Waals surface area contributed by atoms with Crippen LogP contribution in [0.25, 0.3) is 11.3 Å². The molecule has 1 fully saturated rings. The lowest BCUT2D eigenvalue weighted by molar-refractivity contribution is 0.0593. The number of aryl methyl sites for hydroxylation is 1. The van der Waals surface area contributed by atoms with Crippen LogP contribution in [0, 0.1) is 12.8 Å². The Balaban J connectivity index is 1.30. The van der Waals surface area contributed by atoms with Crippen LogP contribution < -0.4 is 20.9 Å². The number of nitrogens with zero attached hydrogens (tertiary/aromatic N) is 4. The van der Waals surface area contributed by atoms with Gasteiger partial charge in [-0.15, -0.1) is 0 Å². The van der Waals surface area contributed by atoms with E-state index in [0.717, 1.165) is 68.8 Å². The second kappa shape index (κ2) is 11.3. The lowest BCUT2D eigenvalue weighted by atomic mass is 9.92. The van der Waals surface area contributed by atoms with E-state index >= 15 is 0 Å². The number of benzene rings is 1. The summed E-state index contributed by atoms with van der Waals surface area (Å²) in [5.41, 5.74) is 18.9. The van der Waals surface area contributed by atoms with Gasteiger partial charge in [0, 0.05) is 43.6 Å². The third-order valence-corrected chi connectivity index (χ3v) is 7.30. The van der Waals surface area contributed by atoms with Gasteiger partial charge in [-0.2, -0.15) is 0 Å². The Bertz CT molecular complexity index is 1240. The fourth-order valence-electron chi connectivity index (χ4n) is 5.13. The first-order chi connectivity index (χ1) is 18.0. The maximum atomic E-state index is 6.15. The number of ether oxygens (including phenoxy) is 3. The Kier molecular flexibility index (Phi) is 7.71. The molecule has 0 amide bonds. The Morgan fingerprint density at radius 2 is 1.95 bits per heavy atom. The largest absolute Gasteiger partial charge is 0.489 e. The minimum Gasteiger partial charge on any atom is -0.489 e. The van der Waals surface area contributed by atoms with E-state index in [1.54, 1.807) is 12.4 Å². The molecule has 0 atom stereocenters. The molecule has 5 rings (SSSR count). The number of likely N-dealkylation sites (N-methyl/N-ethyl adjacent to an activating group) is 1. The van der Waals surface area contributed by atoms with Crippen molar-refractivity contribution in [1.82, 2.24) is 19.9 Å². The molecule has 2 aliphatic rings. The number of nitrogens with two attached hydrogens (primary N) is 2. The predicted molar refractivity (Wildman–Crippen MR) is 143 cm³/mol. The molecule has 9 heteroatoms. The summed E-state index contributed by atoms with van der Waals surface area (Å²) in [6, 6.07) is 6.22.